The number of amides is 2. The van der Waals surface area contributed by atoms with Crippen molar-refractivity contribution in [2.45, 2.75) is 56.8 Å². The summed E-state index contributed by atoms with van der Waals surface area (Å²) in [6.07, 6.45) is 5.10. The van der Waals surface area contributed by atoms with Crippen LogP contribution in [0.25, 0.3) is 11.1 Å². The second-order valence-electron chi connectivity index (χ2n) is 8.30. The number of para-hydroxylation sites is 2. The Balaban J connectivity index is 1.22. The number of fused-ring (bicyclic) bond motifs is 3. The molecule has 6 heteroatoms. The highest BCUT2D eigenvalue weighted by atomic mass is 16.3. The first-order valence-electron chi connectivity index (χ1n) is 10.4. The van der Waals surface area contributed by atoms with E-state index in [-0.39, 0.29) is 6.04 Å². The second kappa shape index (κ2) is 7.52. The highest BCUT2D eigenvalue weighted by molar-refractivity contribution is 5.72. The Morgan fingerprint density at radius 3 is 2.45 bits per heavy atom. The molecule has 0 aliphatic carbocycles. The molecule has 3 heterocycles. The average Bonchev–Trinajstić information content (AvgIpc) is 3.20. The number of nitrogens with zero attached hydrogens (tertiary/aromatic N) is 2. The van der Waals surface area contributed by atoms with Crippen LogP contribution >= 0.6 is 0 Å². The molecule has 1 aromatic heterocycles. The van der Waals surface area contributed by atoms with E-state index in [1.165, 1.54) is 24.0 Å². The van der Waals surface area contributed by atoms with Gasteiger partial charge in [-0.2, -0.15) is 0 Å². The van der Waals surface area contributed by atoms with Crippen molar-refractivity contribution in [2.24, 2.45) is 5.73 Å². The number of urea groups is 1. The van der Waals surface area contributed by atoms with Crippen LogP contribution < -0.4 is 11.1 Å². The minimum absolute atomic E-state index is 0.222. The van der Waals surface area contributed by atoms with E-state index in [0.29, 0.717) is 18.5 Å². The highest BCUT2D eigenvalue weighted by Crippen LogP contribution is 2.36. The standard InChI is InChI=1S/C23H26N4O2/c24-23(28)25-17-12-18-9-10-19(13-17)27(18)14-16-7-5-15(6-8-16)11-22-26-20-3-1-2-4-21(20)29-22/h1-8,17-19H,9-14H2,(H3,24,25,28). The summed E-state index contributed by atoms with van der Waals surface area (Å²) >= 11 is 0. The van der Waals surface area contributed by atoms with E-state index in [1.54, 1.807) is 0 Å². The third-order valence-corrected chi connectivity index (χ3v) is 6.31. The fourth-order valence-corrected chi connectivity index (χ4v) is 4.99. The third kappa shape index (κ3) is 3.85. The van der Waals surface area contributed by atoms with Gasteiger partial charge in [0.25, 0.3) is 0 Å². The number of piperidine rings is 1. The second-order valence-corrected chi connectivity index (χ2v) is 8.30. The maximum absolute atomic E-state index is 11.2. The zero-order valence-electron chi connectivity index (χ0n) is 16.4. The lowest BCUT2D eigenvalue weighted by Crippen LogP contribution is -2.51. The monoisotopic (exact) mass is 390 g/mol. The summed E-state index contributed by atoms with van der Waals surface area (Å²) in [5.41, 5.74) is 9.58. The largest absolute Gasteiger partial charge is 0.440 e. The van der Waals surface area contributed by atoms with Crippen molar-refractivity contribution < 1.29 is 9.21 Å². The number of nitrogens with two attached hydrogens (primary N) is 1. The van der Waals surface area contributed by atoms with E-state index in [1.807, 2.05) is 24.3 Å². The minimum Gasteiger partial charge on any atom is -0.440 e. The van der Waals surface area contributed by atoms with Crippen LogP contribution in [0.4, 0.5) is 4.79 Å². The first-order chi connectivity index (χ1) is 14.1. The Labute approximate surface area is 170 Å². The van der Waals surface area contributed by atoms with E-state index < -0.39 is 6.03 Å². The maximum atomic E-state index is 11.2. The number of primary amides is 1. The normalized spacial score (nSPS) is 24.1. The Bertz CT molecular complexity index is 966. The van der Waals surface area contributed by atoms with Crippen LogP contribution in [0, 0.1) is 0 Å². The molecule has 29 heavy (non-hydrogen) atoms. The zero-order valence-corrected chi connectivity index (χ0v) is 16.4. The number of hydrogen-bond acceptors (Lipinski definition) is 4. The molecule has 2 aliphatic heterocycles. The van der Waals surface area contributed by atoms with Crippen LogP contribution in [0.5, 0.6) is 0 Å². The Hall–Kier alpha value is -2.86. The lowest BCUT2D eigenvalue weighted by atomic mass is 9.96. The van der Waals surface area contributed by atoms with E-state index in [4.69, 9.17) is 10.2 Å². The Morgan fingerprint density at radius 1 is 1.07 bits per heavy atom. The van der Waals surface area contributed by atoms with Gasteiger partial charge in [-0.05, 0) is 48.9 Å². The molecule has 2 unspecified atom stereocenters. The van der Waals surface area contributed by atoms with Crippen molar-refractivity contribution in [3.63, 3.8) is 0 Å². The number of benzene rings is 2. The summed E-state index contributed by atoms with van der Waals surface area (Å²) in [6, 6.07) is 17.5. The summed E-state index contributed by atoms with van der Waals surface area (Å²) in [4.78, 5) is 18.3. The van der Waals surface area contributed by atoms with Gasteiger partial charge < -0.3 is 15.5 Å². The molecule has 3 aromatic rings. The van der Waals surface area contributed by atoms with Gasteiger partial charge >= 0.3 is 6.03 Å². The van der Waals surface area contributed by atoms with Crippen LogP contribution in [-0.2, 0) is 13.0 Å². The predicted molar refractivity (Wildman–Crippen MR) is 111 cm³/mol. The predicted octanol–water partition coefficient (Wildman–Crippen LogP) is 3.58. The first-order valence-corrected chi connectivity index (χ1v) is 10.4. The van der Waals surface area contributed by atoms with Gasteiger partial charge in [-0.25, -0.2) is 9.78 Å². The lowest BCUT2D eigenvalue weighted by molar-refractivity contribution is 0.112. The summed E-state index contributed by atoms with van der Waals surface area (Å²) in [5, 5.41) is 2.90. The molecule has 2 atom stereocenters. The number of carbonyl (C=O) groups is 1. The SMILES string of the molecule is NC(=O)NC1CC2CCC(C1)N2Cc1ccc(Cc2nc3ccccc3o2)cc1. The van der Waals surface area contributed by atoms with E-state index in [9.17, 15) is 4.79 Å². The highest BCUT2D eigenvalue weighted by Gasteiger charge is 2.40. The van der Waals surface area contributed by atoms with Crippen molar-refractivity contribution >= 4 is 17.1 Å². The van der Waals surface area contributed by atoms with Crippen LogP contribution in [0.1, 0.15) is 42.7 Å². The quantitative estimate of drug-likeness (QED) is 0.697. The summed E-state index contributed by atoms with van der Waals surface area (Å²) in [6.45, 7) is 0.960. The molecule has 2 fully saturated rings. The molecule has 0 saturated carbocycles. The molecular weight excluding hydrogens is 364 g/mol. The molecule has 6 nitrogen and oxygen atoms in total. The molecule has 150 valence electrons. The summed E-state index contributed by atoms with van der Waals surface area (Å²) in [7, 11) is 0. The Morgan fingerprint density at radius 2 is 1.76 bits per heavy atom. The van der Waals surface area contributed by atoms with Gasteiger partial charge in [0, 0.05) is 31.1 Å². The van der Waals surface area contributed by atoms with Crippen molar-refractivity contribution in [3.8, 4) is 0 Å². The summed E-state index contributed by atoms with van der Waals surface area (Å²) in [5.74, 6) is 0.751. The Kier molecular flexibility index (Phi) is 4.72. The van der Waals surface area contributed by atoms with Crippen molar-refractivity contribution in [1.29, 1.82) is 0 Å². The van der Waals surface area contributed by atoms with E-state index in [0.717, 1.165) is 36.4 Å². The van der Waals surface area contributed by atoms with Crippen LogP contribution in [0.2, 0.25) is 0 Å². The van der Waals surface area contributed by atoms with Gasteiger partial charge in [0.05, 0.1) is 0 Å². The smallest absolute Gasteiger partial charge is 0.312 e. The fourth-order valence-electron chi connectivity index (χ4n) is 4.99. The van der Waals surface area contributed by atoms with Crippen molar-refractivity contribution in [1.82, 2.24) is 15.2 Å². The fraction of sp³-hybridized carbons (Fsp3) is 0.391. The summed E-state index contributed by atoms with van der Waals surface area (Å²) < 4.78 is 5.84. The third-order valence-electron chi connectivity index (χ3n) is 6.31. The van der Waals surface area contributed by atoms with Gasteiger partial charge in [0.15, 0.2) is 11.5 Å². The number of rotatable bonds is 5. The molecule has 3 N–H and O–H groups in total. The first kappa shape index (κ1) is 18.2. The minimum atomic E-state index is -0.405. The molecule has 0 spiro atoms. The van der Waals surface area contributed by atoms with Gasteiger partial charge in [-0.3, -0.25) is 4.90 Å². The molecule has 2 bridgehead atoms. The van der Waals surface area contributed by atoms with Crippen molar-refractivity contribution in [3.05, 3.63) is 65.5 Å². The van der Waals surface area contributed by atoms with Crippen LogP contribution in [0.15, 0.2) is 52.9 Å². The molecule has 2 amide bonds. The number of nitrogens with one attached hydrogen (secondary N) is 1. The van der Waals surface area contributed by atoms with Crippen LogP contribution in [-0.4, -0.2) is 34.0 Å². The van der Waals surface area contributed by atoms with Gasteiger partial charge in [0.2, 0.25) is 0 Å². The van der Waals surface area contributed by atoms with Gasteiger partial charge in [-0.1, -0.05) is 36.4 Å². The topological polar surface area (TPSA) is 84.4 Å². The van der Waals surface area contributed by atoms with Gasteiger partial charge in [0.1, 0.15) is 5.52 Å². The van der Waals surface area contributed by atoms with Crippen LogP contribution in [0.3, 0.4) is 0 Å². The number of oxazole rings is 1. The number of hydrogen-bond donors (Lipinski definition) is 2. The van der Waals surface area contributed by atoms with E-state index in [2.05, 4.69) is 39.5 Å². The number of carbonyl (C=O) groups excluding carboxylic acids is 1. The molecular formula is C23H26N4O2. The van der Waals surface area contributed by atoms with Gasteiger partial charge in [-0.15, -0.1) is 0 Å². The van der Waals surface area contributed by atoms with Crippen molar-refractivity contribution in [2.75, 3.05) is 0 Å². The molecule has 2 saturated heterocycles. The average molecular weight is 390 g/mol. The lowest BCUT2D eigenvalue weighted by Gasteiger charge is -2.39. The number of aromatic nitrogens is 1. The molecule has 2 aromatic carbocycles. The molecule has 0 radical (unpaired) electrons. The van der Waals surface area contributed by atoms with E-state index >= 15 is 0 Å². The zero-order chi connectivity index (χ0) is 19.8. The molecule has 5 rings (SSSR count). The molecule has 2 aliphatic rings. The maximum Gasteiger partial charge on any atom is 0.312 e.